The number of aliphatic hydroxyl groups excluding tert-OH is 1. The normalized spacial score (nSPS) is 24.6. The maximum absolute atomic E-state index is 11.7. The van der Waals surface area contributed by atoms with Crippen molar-refractivity contribution >= 4 is 22.4 Å². The molecule has 16 heavy (non-hydrogen) atoms. The Balaban J connectivity index is 1.91. The summed E-state index contributed by atoms with van der Waals surface area (Å²) in [7, 11) is 0. The number of nitrogens with one attached hydrogen (secondary N) is 2. The lowest BCUT2D eigenvalue weighted by Gasteiger charge is -2.07. The van der Waals surface area contributed by atoms with Crippen molar-refractivity contribution in [2.24, 2.45) is 0 Å². The van der Waals surface area contributed by atoms with E-state index in [9.17, 15) is 9.90 Å². The monoisotopic (exact) mass is 242 g/mol. The minimum Gasteiger partial charge on any atom is -0.392 e. The molecule has 0 spiro atoms. The van der Waals surface area contributed by atoms with E-state index < -0.39 is 6.10 Å². The molecule has 2 rings (SSSR count). The van der Waals surface area contributed by atoms with Gasteiger partial charge in [-0.1, -0.05) is 18.3 Å². The van der Waals surface area contributed by atoms with E-state index in [1.165, 1.54) is 11.3 Å². The molecule has 0 aliphatic carbocycles. The fraction of sp³-hybridized carbons (Fsp3) is 0.667. The number of aryl methyl sites for hydroxylation is 1. The molecular weight excluding hydrogens is 228 g/mol. The van der Waals surface area contributed by atoms with Gasteiger partial charge in [0.25, 0.3) is 0 Å². The summed E-state index contributed by atoms with van der Waals surface area (Å²) in [4.78, 5) is 11.7. The second-order valence-electron chi connectivity index (χ2n) is 3.69. The van der Waals surface area contributed by atoms with E-state index >= 15 is 0 Å². The maximum atomic E-state index is 11.7. The van der Waals surface area contributed by atoms with Crippen molar-refractivity contribution in [2.45, 2.75) is 31.9 Å². The van der Waals surface area contributed by atoms with Gasteiger partial charge in [0.05, 0.1) is 12.1 Å². The fourth-order valence-corrected chi connectivity index (χ4v) is 2.24. The van der Waals surface area contributed by atoms with Gasteiger partial charge < -0.3 is 10.4 Å². The number of nitrogens with zero attached hydrogens (tertiary/aromatic N) is 2. The predicted octanol–water partition coefficient (Wildman–Crippen LogP) is -0.238. The predicted molar refractivity (Wildman–Crippen MR) is 60.3 cm³/mol. The Bertz CT molecular complexity index is 381. The molecule has 1 saturated heterocycles. The number of carbonyl (C=O) groups is 1. The summed E-state index contributed by atoms with van der Waals surface area (Å²) in [5.74, 6) is -0.157. The average molecular weight is 242 g/mol. The van der Waals surface area contributed by atoms with Gasteiger partial charge in [0.2, 0.25) is 11.0 Å². The van der Waals surface area contributed by atoms with Gasteiger partial charge in [0.1, 0.15) is 5.01 Å². The molecule has 1 aromatic heterocycles. The molecule has 3 N–H and O–H groups in total. The van der Waals surface area contributed by atoms with Crippen molar-refractivity contribution in [3.63, 3.8) is 0 Å². The second-order valence-corrected chi connectivity index (χ2v) is 4.76. The highest BCUT2D eigenvalue weighted by Gasteiger charge is 2.28. The number of aromatic nitrogens is 2. The van der Waals surface area contributed by atoms with Crippen LogP contribution in [0.15, 0.2) is 0 Å². The molecule has 1 aliphatic rings. The van der Waals surface area contributed by atoms with Crippen LogP contribution < -0.4 is 10.6 Å². The van der Waals surface area contributed by atoms with Gasteiger partial charge in [-0.2, -0.15) is 0 Å². The summed E-state index contributed by atoms with van der Waals surface area (Å²) in [5.41, 5.74) is 0. The number of amides is 1. The van der Waals surface area contributed by atoms with Crippen LogP contribution in [-0.4, -0.2) is 39.9 Å². The van der Waals surface area contributed by atoms with E-state index in [1.807, 2.05) is 6.92 Å². The van der Waals surface area contributed by atoms with Gasteiger partial charge in [-0.05, 0) is 12.8 Å². The summed E-state index contributed by atoms with van der Waals surface area (Å²) in [6.07, 6.45) is 0.829. The highest BCUT2D eigenvalue weighted by atomic mass is 32.1. The molecule has 88 valence electrons. The Hall–Kier alpha value is -1.05. The maximum Gasteiger partial charge on any atom is 0.243 e. The molecule has 1 aliphatic heterocycles. The number of β-amino-alcohol motifs (C(OH)–C–C–N with tert-alkyl or cyclic N) is 1. The summed E-state index contributed by atoms with van der Waals surface area (Å²) < 4.78 is 0. The zero-order valence-electron chi connectivity index (χ0n) is 8.93. The first-order valence-electron chi connectivity index (χ1n) is 5.23. The number of aliphatic hydroxyl groups is 1. The zero-order valence-corrected chi connectivity index (χ0v) is 9.75. The molecule has 7 heteroatoms. The molecular formula is C9H14N4O2S. The Labute approximate surface area is 97.1 Å². The van der Waals surface area contributed by atoms with Gasteiger partial charge in [-0.3, -0.25) is 10.1 Å². The van der Waals surface area contributed by atoms with Crippen LogP contribution in [0.2, 0.25) is 0 Å². The topological polar surface area (TPSA) is 87.1 Å². The standard InChI is InChI=1S/C9H14N4O2S/c1-2-7-12-13-9(16-7)11-8(15)6-3-5(14)4-10-6/h5-6,10,14H,2-4H2,1H3,(H,11,13,15). The van der Waals surface area contributed by atoms with Crippen molar-refractivity contribution in [1.29, 1.82) is 0 Å². The molecule has 1 fully saturated rings. The minimum atomic E-state index is -0.434. The number of carbonyl (C=O) groups excluding carboxylic acids is 1. The second kappa shape index (κ2) is 4.86. The Morgan fingerprint density at radius 2 is 2.50 bits per heavy atom. The summed E-state index contributed by atoms with van der Waals surface area (Å²) in [6.45, 7) is 2.45. The van der Waals surface area contributed by atoms with E-state index in [4.69, 9.17) is 0 Å². The van der Waals surface area contributed by atoms with Crippen LogP contribution in [0.25, 0.3) is 0 Å². The van der Waals surface area contributed by atoms with E-state index in [-0.39, 0.29) is 11.9 Å². The van der Waals surface area contributed by atoms with E-state index in [0.29, 0.717) is 18.1 Å². The summed E-state index contributed by atoms with van der Waals surface area (Å²) in [5, 5.41) is 24.1. The van der Waals surface area contributed by atoms with E-state index in [1.54, 1.807) is 0 Å². The number of hydrogen-bond acceptors (Lipinski definition) is 6. The van der Waals surface area contributed by atoms with Crippen LogP contribution in [-0.2, 0) is 11.2 Å². The van der Waals surface area contributed by atoms with Gasteiger partial charge in [-0.15, -0.1) is 10.2 Å². The highest BCUT2D eigenvalue weighted by molar-refractivity contribution is 7.15. The first-order chi connectivity index (χ1) is 7.69. The number of hydrogen-bond donors (Lipinski definition) is 3. The van der Waals surface area contributed by atoms with Crippen LogP contribution in [0, 0.1) is 0 Å². The van der Waals surface area contributed by atoms with Crippen molar-refractivity contribution < 1.29 is 9.90 Å². The lowest BCUT2D eigenvalue weighted by molar-refractivity contribution is -0.117. The molecule has 1 aromatic rings. The number of anilines is 1. The third kappa shape index (κ3) is 2.55. The molecule has 1 amide bonds. The van der Waals surface area contributed by atoms with Gasteiger partial charge in [0.15, 0.2) is 0 Å². The molecule has 0 saturated carbocycles. The van der Waals surface area contributed by atoms with Crippen molar-refractivity contribution in [2.75, 3.05) is 11.9 Å². The summed E-state index contributed by atoms with van der Waals surface area (Å²) in [6, 6.07) is -0.330. The smallest absolute Gasteiger partial charge is 0.243 e. The Morgan fingerprint density at radius 3 is 3.06 bits per heavy atom. The lowest BCUT2D eigenvalue weighted by atomic mass is 10.2. The SMILES string of the molecule is CCc1nnc(NC(=O)C2CC(O)CN2)s1. The number of rotatable bonds is 3. The van der Waals surface area contributed by atoms with Crippen LogP contribution in [0.5, 0.6) is 0 Å². The largest absolute Gasteiger partial charge is 0.392 e. The highest BCUT2D eigenvalue weighted by Crippen LogP contribution is 2.16. The molecule has 2 atom stereocenters. The first-order valence-corrected chi connectivity index (χ1v) is 6.05. The van der Waals surface area contributed by atoms with Crippen molar-refractivity contribution in [1.82, 2.24) is 15.5 Å². The third-order valence-corrected chi connectivity index (χ3v) is 3.41. The lowest BCUT2D eigenvalue weighted by Crippen LogP contribution is -2.35. The molecule has 0 radical (unpaired) electrons. The average Bonchev–Trinajstić information content (AvgIpc) is 2.87. The van der Waals surface area contributed by atoms with E-state index in [2.05, 4.69) is 20.8 Å². The minimum absolute atomic E-state index is 0.157. The van der Waals surface area contributed by atoms with Crippen LogP contribution >= 0.6 is 11.3 Å². The quantitative estimate of drug-likeness (QED) is 0.681. The molecule has 2 heterocycles. The fourth-order valence-electron chi connectivity index (χ4n) is 1.56. The molecule has 0 aromatic carbocycles. The summed E-state index contributed by atoms with van der Waals surface area (Å²) >= 11 is 1.38. The van der Waals surface area contributed by atoms with Gasteiger partial charge in [-0.25, -0.2) is 0 Å². The molecule has 0 bridgehead atoms. The van der Waals surface area contributed by atoms with E-state index in [0.717, 1.165) is 11.4 Å². The molecule has 2 unspecified atom stereocenters. The van der Waals surface area contributed by atoms with Crippen LogP contribution in [0.3, 0.4) is 0 Å². The van der Waals surface area contributed by atoms with Gasteiger partial charge >= 0.3 is 0 Å². The van der Waals surface area contributed by atoms with Gasteiger partial charge in [0, 0.05) is 6.54 Å². The Kier molecular flexibility index (Phi) is 3.47. The zero-order chi connectivity index (χ0) is 11.5. The Morgan fingerprint density at radius 1 is 1.69 bits per heavy atom. The van der Waals surface area contributed by atoms with Crippen LogP contribution in [0.4, 0.5) is 5.13 Å². The van der Waals surface area contributed by atoms with Crippen molar-refractivity contribution in [3.05, 3.63) is 5.01 Å². The van der Waals surface area contributed by atoms with Crippen molar-refractivity contribution in [3.8, 4) is 0 Å². The third-order valence-electron chi connectivity index (χ3n) is 2.42. The van der Waals surface area contributed by atoms with Crippen LogP contribution in [0.1, 0.15) is 18.4 Å². The molecule has 6 nitrogen and oxygen atoms in total. The first kappa shape index (κ1) is 11.4.